The van der Waals surface area contributed by atoms with Gasteiger partial charge in [0.15, 0.2) is 0 Å². The van der Waals surface area contributed by atoms with Crippen LogP contribution in [0, 0.1) is 23.7 Å². The number of rotatable bonds is 0. The van der Waals surface area contributed by atoms with Gasteiger partial charge in [-0.2, -0.15) is 0 Å². The minimum atomic E-state index is 0.536. The molecule has 0 aromatic rings. The number of hydrogen-bond donors (Lipinski definition) is 0. The van der Waals surface area contributed by atoms with Crippen LogP contribution in [0.25, 0.3) is 0 Å². The fourth-order valence-electron chi connectivity index (χ4n) is 4.39. The predicted octanol–water partition coefficient (Wildman–Crippen LogP) is 3.57. The fourth-order valence-corrected chi connectivity index (χ4v) is 4.39. The smallest absolute Gasteiger partial charge is 0.0519 e. The van der Waals surface area contributed by atoms with Crippen molar-refractivity contribution in [3.8, 4) is 0 Å². The van der Waals surface area contributed by atoms with Crippen molar-refractivity contribution in [3.63, 3.8) is 0 Å². The van der Waals surface area contributed by atoms with Crippen molar-refractivity contribution in [2.75, 3.05) is 0 Å². The second-order valence-electron chi connectivity index (χ2n) is 5.42. The third-order valence-corrected chi connectivity index (χ3v) is 5.26. The molecule has 66 valence electrons. The lowest BCUT2D eigenvalue weighted by atomic mass is 9.48. The molecule has 0 heterocycles. The first-order chi connectivity index (χ1) is 5.77. The average Bonchev–Trinajstić information content (AvgIpc) is 2.10. The molecule has 2 unspecified atom stereocenters. The van der Waals surface area contributed by atoms with Gasteiger partial charge in [0.2, 0.25) is 0 Å². The zero-order chi connectivity index (χ0) is 8.23. The monoisotopic (exact) mass is 163 g/mol. The molecule has 0 aromatic carbocycles. The second kappa shape index (κ2) is 2.02. The Morgan fingerprint density at radius 2 is 1.75 bits per heavy atom. The molecule has 3 fully saturated rings. The minimum Gasteiger partial charge on any atom is -0.0519 e. The summed E-state index contributed by atoms with van der Waals surface area (Å²) in [6, 6.07) is 0. The van der Waals surface area contributed by atoms with Crippen LogP contribution >= 0.6 is 0 Å². The van der Waals surface area contributed by atoms with E-state index in [0.29, 0.717) is 5.41 Å². The summed E-state index contributed by atoms with van der Waals surface area (Å²) >= 11 is 0. The molecule has 0 amide bonds. The molecule has 0 radical (unpaired) electrons. The molecule has 1 spiro atoms. The lowest BCUT2D eigenvalue weighted by Gasteiger charge is -2.52. The first-order valence-corrected chi connectivity index (χ1v) is 5.62. The molecular weight excluding hydrogens is 144 g/mol. The highest BCUT2D eigenvalue weighted by Gasteiger charge is 2.65. The van der Waals surface area contributed by atoms with Crippen LogP contribution in [-0.4, -0.2) is 0 Å². The summed E-state index contributed by atoms with van der Waals surface area (Å²) in [6.07, 6.45) is 11.9. The molecule has 0 aliphatic heterocycles. The zero-order valence-corrected chi connectivity index (χ0v) is 7.94. The lowest BCUT2D eigenvalue weighted by Crippen LogP contribution is -2.47. The summed E-state index contributed by atoms with van der Waals surface area (Å²) in [6.45, 7) is 4.56. The summed E-state index contributed by atoms with van der Waals surface area (Å²) in [4.78, 5) is 0. The quantitative estimate of drug-likeness (QED) is 0.479. The highest BCUT2D eigenvalue weighted by molar-refractivity contribution is 5.13. The molecule has 0 nitrogen and oxygen atoms in total. The Balaban J connectivity index is 2.00. The molecule has 0 aromatic heterocycles. The van der Waals surface area contributed by atoms with E-state index >= 15 is 0 Å². The van der Waals surface area contributed by atoms with Gasteiger partial charge in [-0.15, -0.1) is 0 Å². The van der Waals surface area contributed by atoms with Crippen molar-refractivity contribution in [1.29, 1.82) is 0 Å². The topological polar surface area (TPSA) is 0 Å². The van der Waals surface area contributed by atoms with Crippen molar-refractivity contribution < 1.29 is 0 Å². The van der Waals surface area contributed by atoms with E-state index in [0.717, 1.165) is 11.3 Å². The molecule has 12 heavy (non-hydrogen) atoms. The van der Waals surface area contributed by atoms with Crippen LogP contribution in [0.3, 0.4) is 0 Å². The van der Waals surface area contributed by atoms with Crippen molar-refractivity contribution in [1.82, 2.24) is 0 Å². The van der Waals surface area contributed by atoms with E-state index in [2.05, 4.69) is 6.92 Å². The van der Waals surface area contributed by atoms with Crippen LogP contribution in [0.2, 0.25) is 0 Å². The SMILES string of the molecule is [CH2+]C12CCCC(CC1)C21CCC1. The summed E-state index contributed by atoms with van der Waals surface area (Å²) in [5.41, 5.74) is 1.29. The van der Waals surface area contributed by atoms with Crippen LogP contribution in [0.1, 0.15) is 51.4 Å². The average molecular weight is 163 g/mol. The number of hydrogen-bond acceptors (Lipinski definition) is 0. The van der Waals surface area contributed by atoms with E-state index in [1.165, 1.54) is 51.4 Å². The predicted molar refractivity (Wildman–Crippen MR) is 50.6 cm³/mol. The molecule has 3 aliphatic carbocycles. The summed E-state index contributed by atoms with van der Waals surface area (Å²) in [5, 5.41) is 0. The van der Waals surface area contributed by atoms with Crippen LogP contribution in [0.15, 0.2) is 0 Å². The van der Waals surface area contributed by atoms with Gasteiger partial charge in [-0.3, -0.25) is 0 Å². The maximum Gasteiger partial charge on any atom is 0.111 e. The van der Waals surface area contributed by atoms with E-state index in [9.17, 15) is 0 Å². The normalized spacial score (nSPS) is 49.2. The highest BCUT2D eigenvalue weighted by atomic mass is 14.7. The summed E-state index contributed by atoms with van der Waals surface area (Å²) in [5.74, 6) is 1.08. The van der Waals surface area contributed by atoms with E-state index in [1.54, 1.807) is 0 Å². The van der Waals surface area contributed by atoms with Crippen LogP contribution in [0.4, 0.5) is 0 Å². The van der Waals surface area contributed by atoms with Crippen molar-refractivity contribution in [2.45, 2.75) is 51.4 Å². The molecule has 2 atom stereocenters. The Bertz CT molecular complexity index is 198. The zero-order valence-electron chi connectivity index (χ0n) is 7.94. The molecule has 3 saturated carbocycles. The standard InChI is InChI=1S/C12H19/c1-11-6-2-4-10(5-9-11)12(11)7-3-8-12/h10H,1-9H2/q+1. The Morgan fingerprint density at radius 3 is 2.25 bits per heavy atom. The highest BCUT2D eigenvalue weighted by Crippen LogP contribution is 2.70. The Hall–Kier alpha value is -0.130. The Labute approximate surface area is 75.7 Å². The fraction of sp³-hybridized carbons (Fsp3) is 0.917. The molecule has 3 rings (SSSR count). The molecule has 0 heteroatoms. The molecule has 0 saturated heterocycles. The van der Waals surface area contributed by atoms with Crippen LogP contribution < -0.4 is 0 Å². The lowest BCUT2D eigenvalue weighted by molar-refractivity contribution is -0.0517. The largest absolute Gasteiger partial charge is 0.111 e. The van der Waals surface area contributed by atoms with Crippen LogP contribution in [-0.2, 0) is 0 Å². The first kappa shape index (κ1) is 7.29. The molecule has 3 aliphatic rings. The van der Waals surface area contributed by atoms with Gasteiger partial charge in [-0.1, -0.05) is 6.42 Å². The van der Waals surface area contributed by atoms with E-state index in [4.69, 9.17) is 0 Å². The van der Waals surface area contributed by atoms with E-state index in [-0.39, 0.29) is 0 Å². The third kappa shape index (κ3) is 0.604. The Morgan fingerprint density at radius 1 is 0.917 bits per heavy atom. The summed E-state index contributed by atoms with van der Waals surface area (Å²) in [7, 11) is 0. The van der Waals surface area contributed by atoms with Crippen molar-refractivity contribution in [2.24, 2.45) is 16.7 Å². The molecule has 2 bridgehead atoms. The van der Waals surface area contributed by atoms with Gasteiger partial charge in [0.05, 0.1) is 6.92 Å². The van der Waals surface area contributed by atoms with Gasteiger partial charge in [0.1, 0.15) is 5.41 Å². The van der Waals surface area contributed by atoms with Gasteiger partial charge >= 0.3 is 0 Å². The molecule has 0 N–H and O–H groups in total. The van der Waals surface area contributed by atoms with E-state index in [1.807, 2.05) is 0 Å². The van der Waals surface area contributed by atoms with Gasteiger partial charge in [0, 0.05) is 5.41 Å². The second-order valence-corrected chi connectivity index (χ2v) is 5.42. The minimum absolute atomic E-state index is 0.536. The maximum atomic E-state index is 4.56. The van der Waals surface area contributed by atoms with Gasteiger partial charge in [0.25, 0.3) is 0 Å². The first-order valence-electron chi connectivity index (χ1n) is 5.62. The third-order valence-electron chi connectivity index (χ3n) is 5.26. The maximum absolute atomic E-state index is 4.56. The summed E-state index contributed by atoms with van der Waals surface area (Å²) < 4.78 is 0. The van der Waals surface area contributed by atoms with Crippen molar-refractivity contribution in [3.05, 3.63) is 6.92 Å². The molecular formula is C12H19+. The van der Waals surface area contributed by atoms with Crippen molar-refractivity contribution >= 4 is 0 Å². The Kier molecular flexibility index (Phi) is 1.23. The van der Waals surface area contributed by atoms with Gasteiger partial charge < -0.3 is 0 Å². The van der Waals surface area contributed by atoms with Crippen LogP contribution in [0.5, 0.6) is 0 Å². The van der Waals surface area contributed by atoms with Gasteiger partial charge in [-0.25, -0.2) is 0 Å². The van der Waals surface area contributed by atoms with Gasteiger partial charge in [-0.05, 0) is 50.9 Å². The van der Waals surface area contributed by atoms with E-state index < -0.39 is 0 Å².